The SMILES string of the molecule is C#C.C=C(CN1CCCCCC1=O)N1CCCC1.Cc1cc2cc(N=C(N)NC#N)cc(C(F)(F)F)c2o1. The number of carbonyl (C=O) groups excluding carboxylic acids is 1. The lowest BCUT2D eigenvalue weighted by Gasteiger charge is -2.27. The molecule has 0 radical (unpaired) electrons. The molecule has 1 amide bonds. The van der Waals surface area contributed by atoms with E-state index in [0.717, 1.165) is 57.2 Å². The molecule has 2 aliphatic rings. The van der Waals surface area contributed by atoms with Gasteiger partial charge in [-0.15, -0.1) is 12.8 Å². The molecule has 38 heavy (non-hydrogen) atoms. The van der Waals surface area contributed by atoms with E-state index in [2.05, 4.69) is 29.3 Å². The molecule has 204 valence electrons. The van der Waals surface area contributed by atoms with Crippen molar-refractivity contribution >= 4 is 28.5 Å². The number of halogens is 3. The Hall–Kier alpha value is -4.12. The number of aryl methyl sites for hydroxylation is 1. The number of aliphatic imine (C=N–C) groups is 1. The molecule has 1 aromatic carbocycles. The Morgan fingerprint density at radius 2 is 1.84 bits per heavy atom. The van der Waals surface area contributed by atoms with Gasteiger partial charge < -0.3 is 20.0 Å². The van der Waals surface area contributed by atoms with Gasteiger partial charge in [-0.25, -0.2) is 4.99 Å². The van der Waals surface area contributed by atoms with E-state index in [1.807, 2.05) is 10.2 Å². The van der Waals surface area contributed by atoms with E-state index < -0.39 is 11.7 Å². The van der Waals surface area contributed by atoms with Crippen molar-refractivity contribution in [1.29, 1.82) is 5.26 Å². The molecule has 0 unspecified atom stereocenters. The lowest BCUT2D eigenvalue weighted by Crippen LogP contribution is -2.35. The fourth-order valence-corrected chi connectivity index (χ4v) is 4.32. The number of nitrogens with one attached hydrogen (secondary N) is 1. The van der Waals surface area contributed by atoms with E-state index in [1.165, 1.54) is 37.6 Å². The first-order valence-electron chi connectivity index (χ1n) is 12.2. The van der Waals surface area contributed by atoms with Crippen LogP contribution in [0.2, 0.25) is 0 Å². The summed E-state index contributed by atoms with van der Waals surface area (Å²) in [7, 11) is 0. The fourth-order valence-electron chi connectivity index (χ4n) is 4.32. The van der Waals surface area contributed by atoms with Crippen LogP contribution in [0.4, 0.5) is 18.9 Å². The van der Waals surface area contributed by atoms with E-state index in [1.54, 1.807) is 6.92 Å². The summed E-state index contributed by atoms with van der Waals surface area (Å²) in [6.07, 6.45) is 11.6. The van der Waals surface area contributed by atoms with Gasteiger partial charge in [0.25, 0.3) is 0 Å². The topological polar surface area (TPSA) is 111 Å². The average Bonchev–Trinajstić information content (AvgIpc) is 3.48. The molecule has 1 aromatic heterocycles. The highest BCUT2D eigenvalue weighted by Crippen LogP contribution is 2.38. The maximum absolute atomic E-state index is 13.0. The Bertz CT molecular complexity index is 1200. The fraction of sp³-hybridized carbons (Fsp3) is 0.444. The van der Waals surface area contributed by atoms with Crippen LogP contribution >= 0.6 is 0 Å². The predicted molar refractivity (Wildman–Crippen MR) is 141 cm³/mol. The number of nitrogens with zero attached hydrogens (tertiary/aromatic N) is 4. The van der Waals surface area contributed by atoms with Gasteiger partial charge in [0.2, 0.25) is 11.9 Å². The van der Waals surface area contributed by atoms with Crippen LogP contribution in [0.1, 0.15) is 49.8 Å². The average molecular weight is 531 g/mol. The van der Waals surface area contributed by atoms with Crippen LogP contribution in [0.5, 0.6) is 0 Å². The maximum atomic E-state index is 13.0. The molecule has 4 rings (SSSR count). The Morgan fingerprint density at radius 3 is 2.47 bits per heavy atom. The third-order valence-corrected chi connectivity index (χ3v) is 6.06. The van der Waals surface area contributed by atoms with Crippen LogP contribution < -0.4 is 11.1 Å². The Balaban J connectivity index is 0.000000256. The second-order valence-electron chi connectivity index (χ2n) is 8.89. The summed E-state index contributed by atoms with van der Waals surface area (Å²) < 4.78 is 44.0. The second-order valence-corrected chi connectivity index (χ2v) is 8.89. The van der Waals surface area contributed by atoms with E-state index in [0.29, 0.717) is 11.7 Å². The lowest BCUT2D eigenvalue weighted by molar-refractivity contribution is -0.136. The molecular weight excluding hydrogens is 497 g/mol. The number of fused-ring (bicyclic) bond motifs is 1. The smallest absolute Gasteiger partial charge is 0.420 e. The van der Waals surface area contributed by atoms with Crippen molar-refractivity contribution in [2.45, 2.75) is 51.6 Å². The van der Waals surface area contributed by atoms with E-state index >= 15 is 0 Å². The van der Waals surface area contributed by atoms with Crippen LogP contribution in [0.3, 0.4) is 0 Å². The number of hydrogen-bond donors (Lipinski definition) is 2. The first kappa shape index (κ1) is 30.1. The third-order valence-electron chi connectivity index (χ3n) is 6.06. The summed E-state index contributed by atoms with van der Waals surface area (Å²) in [6, 6.07) is 3.68. The van der Waals surface area contributed by atoms with Gasteiger partial charge in [0.1, 0.15) is 16.9 Å². The van der Waals surface area contributed by atoms with Gasteiger partial charge in [-0.2, -0.15) is 18.4 Å². The summed E-state index contributed by atoms with van der Waals surface area (Å²) in [4.78, 5) is 19.9. The van der Waals surface area contributed by atoms with Gasteiger partial charge in [-0.3, -0.25) is 10.1 Å². The van der Waals surface area contributed by atoms with Crippen LogP contribution in [0.15, 0.2) is 39.9 Å². The van der Waals surface area contributed by atoms with Crippen molar-refractivity contribution < 1.29 is 22.4 Å². The molecule has 3 N–H and O–H groups in total. The van der Waals surface area contributed by atoms with Gasteiger partial charge in [0.15, 0.2) is 6.19 Å². The minimum Gasteiger partial charge on any atom is -0.461 e. The van der Waals surface area contributed by atoms with Gasteiger partial charge >= 0.3 is 6.18 Å². The summed E-state index contributed by atoms with van der Waals surface area (Å²) >= 11 is 0. The van der Waals surface area contributed by atoms with E-state index in [9.17, 15) is 18.0 Å². The zero-order valence-corrected chi connectivity index (χ0v) is 21.5. The van der Waals surface area contributed by atoms with Crippen molar-refractivity contribution in [2.24, 2.45) is 10.7 Å². The summed E-state index contributed by atoms with van der Waals surface area (Å²) in [5.74, 6) is 0.382. The van der Waals surface area contributed by atoms with E-state index in [-0.39, 0.29) is 22.6 Å². The molecule has 2 saturated heterocycles. The maximum Gasteiger partial charge on any atom is 0.420 e. The highest BCUT2D eigenvalue weighted by Gasteiger charge is 2.35. The highest BCUT2D eigenvalue weighted by atomic mass is 19.4. The third kappa shape index (κ3) is 8.48. The van der Waals surface area contributed by atoms with Crippen LogP contribution in [0.25, 0.3) is 11.0 Å². The monoisotopic (exact) mass is 530 g/mol. The van der Waals surface area contributed by atoms with Crippen molar-refractivity contribution in [3.05, 3.63) is 41.8 Å². The number of nitriles is 1. The molecule has 0 bridgehead atoms. The molecule has 11 heteroatoms. The van der Waals surface area contributed by atoms with E-state index in [4.69, 9.17) is 15.4 Å². The van der Waals surface area contributed by atoms with Gasteiger partial charge in [0.05, 0.1) is 12.2 Å². The summed E-state index contributed by atoms with van der Waals surface area (Å²) in [5.41, 5.74) is 5.26. The summed E-state index contributed by atoms with van der Waals surface area (Å²) in [6.45, 7) is 9.60. The molecule has 0 atom stereocenters. The molecule has 2 aromatic rings. The first-order chi connectivity index (χ1) is 18.1. The van der Waals surface area contributed by atoms with Gasteiger partial charge in [-0.05, 0) is 50.8 Å². The van der Waals surface area contributed by atoms with Crippen LogP contribution in [0, 0.1) is 31.2 Å². The standard InChI is InChI=1S/C13H22N2O.C12H9F3N4O.C2H2/c1-12(14-8-5-6-9-14)11-15-10-4-2-3-7-13(15)16;1-6-2-7-3-8(19-11(17)18-5-16)4-9(10(7)20-6)12(13,14)15;1-2/h1-11H2;2-4H,1H3,(H3,17,18,19);1-2H. The normalized spacial score (nSPS) is 16.0. The first-order valence-corrected chi connectivity index (χ1v) is 12.2. The molecule has 0 aliphatic carbocycles. The molecule has 2 fully saturated rings. The highest BCUT2D eigenvalue weighted by molar-refractivity contribution is 5.88. The van der Waals surface area contributed by atoms with Crippen molar-refractivity contribution in [2.75, 3.05) is 26.2 Å². The molecule has 0 saturated carbocycles. The number of furan rings is 1. The number of amides is 1. The number of carbonyl (C=O) groups is 1. The minimum absolute atomic E-state index is 0.0223. The Morgan fingerprint density at radius 1 is 1.18 bits per heavy atom. The quantitative estimate of drug-likeness (QED) is 0.189. The minimum atomic E-state index is -4.58. The number of benzene rings is 1. The number of alkyl halides is 3. The van der Waals surface area contributed by atoms with Crippen molar-refractivity contribution in [3.63, 3.8) is 0 Å². The number of hydrogen-bond acceptors (Lipinski definition) is 5. The van der Waals surface area contributed by atoms with Gasteiger partial charge in [0, 0.05) is 37.1 Å². The number of guanidine groups is 1. The number of likely N-dealkylation sites (tertiary alicyclic amines) is 2. The summed E-state index contributed by atoms with van der Waals surface area (Å²) in [5, 5.41) is 10.7. The number of rotatable bonds is 4. The molecule has 0 spiro atoms. The molecule has 2 aliphatic heterocycles. The predicted octanol–water partition coefficient (Wildman–Crippen LogP) is 5.02. The zero-order valence-electron chi connectivity index (χ0n) is 21.5. The Labute approximate surface area is 221 Å². The van der Waals surface area contributed by atoms with Crippen LogP contribution in [-0.4, -0.2) is 47.8 Å². The zero-order chi connectivity index (χ0) is 28.3. The second kappa shape index (κ2) is 14.0. The molecule has 3 heterocycles. The Kier molecular flexibility index (Phi) is 11.1. The van der Waals surface area contributed by atoms with Crippen molar-refractivity contribution in [3.8, 4) is 19.0 Å². The number of terminal acetylenes is 1. The van der Waals surface area contributed by atoms with Crippen LogP contribution in [-0.2, 0) is 11.0 Å². The lowest BCUT2D eigenvalue weighted by atomic mass is 10.1. The van der Waals surface area contributed by atoms with Crippen molar-refractivity contribution in [1.82, 2.24) is 15.1 Å². The molecular formula is C27H33F3N6O2. The molecule has 8 nitrogen and oxygen atoms in total. The largest absolute Gasteiger partial charge is 0.461 e. The number of nitrogens with two attached hydrogens (primary N) is 1. The van der Waals surface area contributed by atoms with Gasteiger partial charge in [-0.1, -0.05) is 13.0 Å².